The second-order valence-electron chi connectivity index (χ2n) is 3.35. The molecule has 4 nitrogen and oxygen atoms in total. The first-order chi connectivity index (χ1) is 7.86. The van der Waals surface area contributed by atoms with Crippen LogP contribution in [-0.2, 0) is 13.0 Å². The zero-order valence-electron chi connectivity index (χ0n) is 8.69. The summed E-state index contributed by atoms with van der Waals surface area (Å²) in [6.07, 6.45) is 2.17. The maximum absolute atomic E-state index is 4.90. The molecule has 0 atom stereocenters. The number of aromatic nitrogens is 2. The zero-order chi connectivity index (χ0) is 11.2. The van der Waals surface area contributed by atoms with Crippen LogP contribution in [0.4, 0.5) is 0 Å². The molecule has 0 fully saturated rings. The Bertz CT molecular complexity index is 431. The van der Waals surface area contributed by atoms with Gasteiger partial charge in [0.05, 0.1) is 0 Å². The van der Waals surface area contributed by atoms with E-state index in [1.165, 1.54) is 11.9 Å². The van der Waals surface area contributed by atoms with E-state index in [1.807, 2.05) is 18.2 Å². The third-order valence-corrected chi connectivity index (χ3v) is 2.97. The highest BCUT2D eigenvalue weighted by molar-refractivity contribution is 9.10. The molecule has 5 heteroatoms. The fourth-order valence-electron chi connectivity index (χ4n) is 1.37. The average Bonchev–Trinajstić information content (AvgIpc) is 2.79. The lowest BCUT2D eigenvalue weighted by Crippen LogP contribution is -2.17. The second kappa shape index (κ2) is 5.77. The lowest BCUT2D eigenvalue weighted by molar-refractivity contribution is 0.375. The van der Waals surface area contributed by atoms with Crippen LogP contribution < -0.4 is 5.32 Å². The van der Waals surface area contributed by atoms with E-state index in [0.29, 0.717) is 5.89 Å². The molecule has 0 spiro atoms. The van der Waals surface area contributed by atoms with Crippen molar-refractivity contribution in [3.8, 4) is 0 Å². The summed E-state index contributed by atoms with van der Waals surface area (Å²) in [7, 11) is 0. The van der Waals surface area contributed by atoms with E-state index in [4.69, 9.17) is 4.52 Å². The molecule has 0 saturated heterocycles. The molecule has 2 rings (SSSR count). The van der Waals surface area contributed by atoms with Gasteiger partial charge in [0, 0.05) is 24.0 Å². The summed E-state index contributed by atoms with van der Waals surface area (Å²) in [6.45, 7) is 1.65. The number of nitrogens with one attached hydrogen (secondary N) is 1. The van der Waals surface area contributed by atoms with Crippen molar-refractivity contribution in [1.82, 2.24) is 15.5 Å². The largest absolute Gasteiger partial charge is 0.340 e. The van der Waals surface area contributed by atoms with Crippen molar-refractivity contribution in [3.05, 3.63) is 46.5 Å². The van der Waals surface area contributed by atoms with E-state index >= 15 is 0 Å². The van der Waals surface area contributed by atoms with Crippen LogP contribution in [0.2, 0.25) is 0 Å². The molecule has 0 bridgehead atoms. The molecule has 1 N–H and O–H groups in total. The van der Waals surface area contributed by atoms with Gasteiger partial charge in [-0.05, 0) is 11.6 Å². The zero-order valence-corrected chi connectivity index (χ0v) is 10.3. The van der Waals surface area contributed by atoms with Crippen molar-refractivity contribution in [3.63, 3.8) is 0 Å². The Hall–Kier alpha value is -1.20. The minimum absolute atomic E-state index is 0.666. The lowest BCUT2D eigenvalue weighted by Gasteiger charge is -2.05. The van der Waals surface area contributed by atoms with Crippen molar-refractivity contribution in [2.24, 2.45) is 0 Å². The molecular formula is C11H12BrN3O. The molecule has 0 radical (unpaired) electrons. The summed E-state index contributed by atoms with van der Waals surface area (Å²) < 4.78 is 6.02. The first-order valence-electron chi connectivity index (χ1n) is 5.06. The smallest absolute Gasteiger partial charge is 0.227 e. The summed E-state index contributed by atoms with van der Waals surface area (Å²) in [5.41, 5.74) is 1.24. The molecule has 2 aromatic rings. The molecule has 0 amide bonds. The first kappa shape index (κ1) is 11.3. The molecule has 1 aromatic carbocycles. The number of halogens is 1. The van der Waals surface area contributed by atoms with Crippen LogP contribution in [0.3, 0.4) is 0 Å². The third-order valence-electron chi connectivity index (χ3n) is 2.20. The van der Waals surface area contributed by atoms with Crippen molar-refractivity contribution in [2.75, 3.05) is 6.54 Å². The number of hydrogen-bond donors (Lipinski definition) is 1. The Morgan fingerprint density at radius 1 is 1.31 bits per heavy atom. The molecule has 1 aromatic heterocycles. The number of hydrogen-bond acceptors (Lipinski definition) is 4. The highest BCUT2D eigenvalue weighted by Crippen LogP contribution is 2.15. The molecule has 16 heavy (non-hydrogen) atoms. The van der Waals surface area contributed by atoms with Crippen molar-refractivity contribution < 1.29 is 4.52 Å². The Balaban J connectivity index is 1.74. The van der Waals surface area contributed by atoms with Crippen LogP contribution >= 0.6 is 15.9 Å². The van der Waals surface area contributed by atoms with E-state index in [9.17, 15) is 0 Å². The fourth-order valence-corrected chi connectivity index (χ4v) is 1.79. The van der Waals surface area contributed by atoms with E-state index in [2.05, 4.69) is 37.5 Å². The molecule has 0 aliphatic rings. The predicted octanol–water partition coefficient (Wildman–Crippen LogP) is 2.16. The van der Waals surface area contributed by atoms with Gasteiger partial charge in [-0.2, -0.15) is 4.98 Å². The fraction of sp³-hybridized carbons (Fsp3) is 0.273. The predicted molar refractivity (Wildman–Crippen MR) is 63.9 cm³/mol. The summed E-state index contributed by atoms with van der Waals surface area (Å²) in [4.78, 5) is 3.95. The quantitative estimate of drug-likeness (QED) is 0.854. The van der Waals surface area contributed by atoms with Crippen LogP contribution in [0.15, 0.2) is 39.6 Å². The minimum Gasteiger partial charge on any atom is -0.340 e. The monoisotopic (exact) mass is 281 g/mol. The highest BCUT2D eigenvalue weighted by Gasteiger charge is 2.00. The maximum atomic E-state index is 4.90. The van der Waals surface area contributed by atoms with Gasteiger partial charge in [-0.15, -0.1) is 0 Å². The Kier molecular flexibility index (Phi) is 4.07. The SMILES string of the molecule is Brc1ccccc1CNCCc1ncno1. The van der Waals surface area contributed by atoms with E-state index in [0.717, 1.165) is 24.0 Å². The van der Waals surface area contributed by atoms with E-state index < -0.39 is 0 Å². The Labute approximate surface area is 102 Å². The van der Waals surface area contributed by atoms with Crippen LogP contribution in [-0.4, -0.2) is 16.7 Å². The van der Waals surface area contributed by atoms with Gasteiger partial charge in [-0.25, -0.2) is 0 Å². The van der Waals surface area contributed by atoms with Crippen LogP contribution in [0.5, 0.6) is 0 Å². The van der Waals surface area contributed by atoms with Crippen molar-refractivity contribution >= 4 is 15.9 Å². The van der Waals surface area contributed by atoms with Crippen molar-refractivity contribution in [1.29, 1.82) is 0 Å². The highest BCUT2D eigenvalue weighted by atomic mass is 79.9. The molecule has 84 valence electrons. The molecule has 0 aliphatic carbocycles. The molecule has 1 heterocycles. The summed E-state index contributed by atoms with van der Waals surface area (Å²) in [5, 5.41) is 6.87. The van der Waals surface area contributed by atoms with Gasteiger partial charge in [0.2, 0.25) is 5.89 Å². The van der Waals surface area contributed by atoms with E-state index in [-0.39, 0.29) is 0 Å². The lowest BCUT2D eigenvalue weighted by atomic mass is 10.2. The average molecular weight is 282 g/mol. The summed E-state index contributed by atoms with van der Waals surface area (Å²) in [5.74, 6) is 0.666. The van der Waals surface area contributed by atoms with Crippen molar-refractivity contribution in [2.45, 2.75) is 13.0 Å². The maximum Gasteiger partial charge on any atom is 0.227 e. The van der Waals surface area contributed by atoms with Gasteiger partial charge in [0.25, 0.3) is 0 Å². The van der Waals surface area contributed by atoms with Gasteiger partial charge in [-0.3, -0.25) is 0 Å². The minimum atomic E-state index is 0.666. The first-order valence-corrected chi connectivity index (χ1v) is 5.85. The van der Waals surface area contributed by atoms with Gasteiger partial charge in [0.15, 0.2) is 6.33 Å². The standard InChI is InChI=1S/C11H12BrN3O/c12-10-4-2-1-3-9(10)7-13-6-5-11-14-8-15-16-11/h1-4,8,13H,5-7H2. The summed E-state index contributed by atoms with van der Waals surface area (Å²) >= 11 is 3.51. The molecular weight excluding hydrogens is 270 g/mol. The van der Waals surface area contributed by atoms with Gasteiger partial charge < -0.3 is 9.84 Å². The van der Waals surface area contributed by atoms with Gasteiger partial charge in [0.1, 0.15) is 0 Å². The summed E-state index contributed by atoms with van der Waals surface area (Å²) in [6, 6.07) is 8.16. The molecule has 0 saturated carbocycles. The second-order valence-corrected chi connectivity index (χ2v) is 4.21. The number of nitrogens with zero attached hydrogens (tertiary/aromatic N) is 2. The Morgan fingerprint density at radius 3 is 2.94 bits per heavy atom. The topological polar surface area (TPSA) is 51.0 Å². The Morgan fingerprint density at radius 2 is 2.19 bits per heavy atom. The normalized spacial score (nSPS) is 10.6. The van der Waals surface area contributed by atoms with E-state index in [1.54, 1.807) is 0 Å². The van der Waals surface area contributed by atoms with Crippen LogP contribution in [0.25, 0.3) is 0 Å². The van der Waals surface area contributed by atoms with Crippen LogP contribution in [0.1, 0.15) is 11.5 Å². The van der Waals surface area contributed by atoms with Gasteiger partial charge in [-0.1, -0.05) is 39.3 Å². The number of benzene rings is 1. The molecule has 0 aliphatic heterocycles. The van der Waals surface area contributed by atoms with Gasteiger partial charge >= 0.3 is 0 Å². The number of rotatable bonds is 5. The molecule has 0 unspecified atom stereocenters. The third kappa shape index (κ3) is 3.15. The van der Waals surface area contributed by atoms with Crippen LogP contribution in [0, 0.1) is 0 Å².